The van der Waals surface area contributed by atoms with Crippen molar-refractivity contribution < 1.29 is 9.90 Å². The minimum Gasteiger partial charge on any atom is -0.507 e. The number of nitrogens with zero attached hydrogens (tertiary/aromatic N) is 3. The summed E-state index contributed by atoms with van der Waals surface area (Å²) in [5, 5.41) is 25.8. The number of aromatic nitrogens is 1. The molecule has 6 heteroatoms. The molecule has 6 nitrogen and oxygen atoms in total. The molecular weight excluding hydrogens is 364 g/mol. The first kappa shape index (κ1) is 18.3. The van der Waals surface area contributed by atoms with Crippen LogP contribution in [0.2, 0.25) is 0 Å². The van der Waals surface area contributed by atoms with Gasteiger partial charge in [0.25, 0.3) is 5.91 Å². The summed E-state index contributed by atoms with van der Waals surface area (Å²) in [6.45, 7) is 0.585. The summed E-state index contributed by atoms with van der Waals surface area (Å²) in [5.74, 6) is -0.581. The zero-order valence-electron chi connectivity index (χ0n) is 15.5. The van der Waals surface area contributed by atoms with Crippen molar-refractivity contribution in [1.29, 1.82) is 5.26 Å². The third-order valence-corrected chi connectivity index (χ3v) is 4.76. The molecule has 0 aliphatic heterocycles. The van der Waals surface area contributed by atoms with Gasteiger partial charge in [-0.15, -0.1) is 0 Å². The van der Waals surface area contributed by atoms with Crippen molar-refractivity contribution >= 4 is 33.8 Å². The smallest absolute Gasteiger partial charge is 0.275 e. The molecule has 4 aromatic rings. The van der Waals surface area contributed by atoms with E-state index in [9.17, 15) is 9.90 Å². The van der Waals surface area contributed by atoms with Gasteiger partial charge in [-0.1, -0.05) is 42.5 Å². The molecule has 142 valence electrons. The van der Waals surface area contributed by atoms with Crippen molar-refractivity contribution in [2.24, 2.45) is 5.10 Å². The normalized spacial score (nSPS) is 11.1. The number of hydrazone groups is 1. The molecule has 0 aliphatic rings. The summed E-state index contributed by atoms with van der Waals surface area (Å²) in [6.07, 6.45) is 3.89. The summed E-state index contributed by atoms with van der Waals surface area (Å²) in [6, 6.07) is 20.7. The summed E-state index contributed by atoms with van der Waals surface area (Å²) < 4.78 is 2.00. The molecule has 0 spiro atoms. The average molecular weight is 382 g/mol. The van der Waals surface area contributed by atoms with Crippen LogP contribution in [0.25, 0.3) is 21.7 Å². The van der Waals surface area contributed by atoms with Crippen LogP contribution in [0.5, 0.6) is 5.75 Å². The molecule has 2 N–H and O–H groups in total. The number of carbonyl (C=O) groups is 1. The number of phenols is 1. The topological polar surface area (TPSA) is 90.4 Å². The predicted octanol–water partition coefficient (Wildman–Crippen LogP) is 4.18. The average Bonchev–Trinajstić information content (AvgIpc) is 3.09. The second-order valence-electron chi connectivity index (χ2n) is 6.62. The predicted molar refractivity (Wildman–Crippen MR) is 113 cm³/mol. The van der Waals surface area contributed by atoms with Crippen LogP contribution in [-0.4, -0.2) is 21.8 Å². The van der Waals surface area contributed by atoms with Gasteiger partial charge in [0.2, 0.25) is 0 Å². The lowest BCUT2D eigenvalue weighted by molar-refractivity contribution is 0.0952. The maximum atomic E-state index is 12.5. The van der Waals surface area contributed by atoms with Crippen LogP contribution in [0.3, 0.4) is 0 Å². The number of para-hydroxylation sites is 1. The van der Waals surface area contributed by atoms with Gasteiger partial charge in [-0.05, 0) is 29.0 Å². The molecule has 29 heavy (non-hydrogen) atoms. The molecule has 1 heterocycles. The van der Waals surface area contributed by atoms with Crippen molar-refractivity contribution in [2.75, 3.05) is 0 Å². The Hall–Kier alpha value is -4.11. The number of hydrogen-bond acceptors (Lipinski definition) is 4. The number of hydrogen-bond donors (Lipinski definition) is 2. The second-order valence-corrected chi connectivity index (χ2v) is 6.62. The summed E-state index contributed by atoms with van der Waals surface area (Å²) in [4.78, 5) is 12.5. The first-order valence-corrected chi connectivity index (χ1v) is 9.17. The number of fused-ring (bicyclic) bond motifs is 2. The maximum absolute atomic E-state index is 12.5. The highest BCUT2D eigenvalue weighted by Gasteiger charge is 2.12. The molecule has 0 fully saturated rings. The van der Waals surface area contributed by atoms with Crippen LogP contribution in [-0.2, 0) is 6.54 Å². The summed E-state index contributed by atoms with van der Waals surface area (Å²) >= 11 is 0. The number of nitrogens with one attached hydrogen (secondary N) is 1. The minimum atomic E-state index is -0.488. The van der Waals surface area contributed by atoms with Gasteiger partial charge < -0.3 is 9.67 Å². The fraction of sp³-hybridized carbons (Fsp3) is 0.0870. The van der Waals surface area contributed by atoms with E-state index in [1.165, 1.54) is 0 Å². The molecule has 0 saturated carbocycles. The summed E-state index contributed by atoms with van der Waals surface area (Å²) in [5.41, 5.74) is 4.48. The number of nitriles is 1. The Bertz CT molecular complexity index is 1280. The van der Waals surface area contributed by atoms with E-state index in [1.54, 1.807) is 18.3 Å². The lowest BCUT2D eigenvalue weighted by Gasteiger charge is -2.05. The molecule has 0 atom stereocenters. The van der Waals surface area contributed by atoms with Crippen LogP contribution in [0.15, 0.2) is 72.0 Å². The van der Waals surface area contributed by atoms with Gasteiger partial charge >= 0.3 is 0 Å². The van der Waals surface area contributed by atoms with Crippen LogP contribution in [0.1, 0.15) is 22.3 Å². The number of rotatable bonds is 5. The quantitative estimate of drug-likeness (QED) is 0.401. The highest BCUT2D eigenvalue weighted by molar-refractivity contribution is 6.03. The van der Waals surface area contributed by atoms with E-state index in [2.05, 4.69) is 16.6 Å². The molecule has 4 rings (SSSR count). The van der Waals surface area contributed by atoms with Crippen molar-refractivity contribution in [3.63, 3.8) is 0 Å². The Morgan fingerprint density at radius 1 is 1.14 bits per heavy atom. The van der Waals surface area contributed by atoms with E-state index in [0.717, 1.165) is 27.2 Å². The van der Waals surface area contributed by atoms with Crippen LogP contribution >= 0.6 is 0 Å². The van der Waals surface area contributed by atoms with E-state index in [4.69, 9.17) is 5.26 Å². The standard InChI is InChI=1S/C23H18N4O2/c24-10-5-11-27-15-18(19-8-3-4-9-21(19)27)14-25-26-23(29)20-12-16-6-1-2-7-17(16)13-22(20)28/h1-4,6-9,12-15,28H,5,11H2,(H,26,29)/b25-14-. The highest BCUT2D eigenvalue weighted by atomic mass is 16.3. The van der Waals surface area contributed by atoms with E-state index in [0.29, 0.717) is 13.0 Å². The first-order valence-electron chi connectivity index (χ1n) is 9.17. The lowest BCUT2D eigenvalue weighted by Crippen LogP contribution is -2.17. The van der Waals surface area contributed by atoms with E-state index in [-0.39, 0.29) is 11.3 Å². The second kappa shape index (κ2) is 7.87. The molecule has 3 aromatic carbocycles. The molecule has 0 bridgehead atoms. The van der Waals surface area contributed by atoms with E-state index < -0.39 is 5.91 Å². The molecule has 0 radical (unpaired) electrons. The van der Waals surface area contributed by atoms with Gasteiger partial charge in [0.05, 0.1) is 24.3 Å². The van der Waals surface area contributed by atoms with Gasteiger partial charge in [-0.25, -0.2) is 5.43 Å². The third-order valence-electron chi connectivity index (χ3n) is 4.76. The van der Waals surface area contributed by atoms with E-state index in [1.807, 2.05) is 59.3 Å². The first-order chi connectivity index (χ1) is 14.2. The Morgan fingerprint density at radius 2 is 1.86 bits per heavy atom. The molecular formula is C23H18N4O2. The Balaban J connectivity index is 1.57. The van der Waals surface area contributed by atoms with Crippen molar-refractivity contribution in [3.05, 3.63) is 78.0 Å². The molecule has 0 saturated heterocycles. The number of aromatic hydroxyl groups is 1. The van der Waals surface area contributed by atoms with Crippen molar-refractivity contribution in [3.8, 4) is 11.8 Å². The van der Waals surface area contributed by atoms with Crippen molar-refractivity contribution in [2.45, 2.75) is 13.0 Å². The van der Waals surface area contributed by atoms with Crippen LogP contribution < -0.4 is 5.43 Å². The molecule has 0 aliphatic carbocycles. The number of carbonyl (C=O) groups excluding carboxylic acids is 1. The molecule has 0 unspecified atom stereocenters. The maximum Gasteiger partial charge on any atom is 0.275 e. The Kier molecular flexibility index (Phi) is 4.95. The van der Waals surface area contributed by atoms with Gasteiger partial charge in [0.1, 0.15) is 5.75 Å². The minimum absolute atomic E-state index is 0.0930. The van der Waals surface area contributed by atoms with Gasteiger partial charge in [-0.3, -0.25) is 4.79 Å². The number of aryl methyl sites for hydroxylation is 1. The number of amides is 1. The fourth-order valence-corrected chi connectivity index (χ4v) is 3.36. The molecule has 1 aromatic heterocycles. The number of benzene rings is 3. The van der Waals surface area contributed by atoms with Gasteiger partial charge in [0, 0.05) is 29.2 Å². The zero-order chi connectivity index (χ0) is 20.2. The number of phenolic OH excluding ortho intramolecular Hbond substituents is 1. The zero-order valence-corrected chi connectivity index (χ0v) is 15.5. The van der Waals surface area contributed by atoms with Crippen LogP contribution in [0.4, 0.5) is 0 Å². The van der Waals surface area contributed by atoms with Crippen LogP contribution in [0, 0.1) is 11.3 Å². The Labute approximate surface area is 167 Å². The van der Waals surface area contributed by atoms with Gasteiger partial charge in [-0.2, -0.15) is 10.4 Å². The monoisotopic (exact) mass is 382 g/mol. The SMILES string of the molecule is N#CCCn1cc(/C=N\NC(=O)c2cc3ccccc3cc2O)c2ccccc21. The largest absolute Gasteiger partial charge is 0.507 e. The lowest BCUT2D eigenvalue weighted by atomic mass is 10.1. The third kappa shape index (κ3) is 3.66. The summed E-state index contributed by atoms with van der Waals surface area (Å²) in [7, 11) is 0. The Morgan fingerprint density at radius 3 is 2.66 bits per heavy atom. The molecule has 1 amide bonds. The fourth-order valence-electron chi connectivity index (χ4n) is 3.36. The van der Waals surface area contributed by atoms with Gasteiger partial charge in [0.15, 0.2) is 0 Å². The highest BCUT2D eigenvalue weighted by Crippen LogP contribution is 2.25. The van der Waals surface area contributed by atoms with Crippen molar-refractivity contribution in [1.82, 2.24) is 9.99 Å². The van der Waals surface area contributed by atoms with E-state index >= 15 is 0 Å².